The highest BCUT2D eigenvalue weighted by Gasteiger charge is 2.27. The molecule has 1 aromatic carbocycles. The van der Waals surface area contributed by atoms with Crippen molar-refractivity contribution in [2.45, 2.75) is 26.3 Å². The second-order valence-corrected chi connectivity index (χ2v) is 5.17. The van der Waals surface area contributed by atoms with Crippen LogP contribution in [-0.4, -0.2) is 29.8 Å². The summed E-state index contributed by atoms with van der Waals surface area (Å²) in [6.07, 6.45) is 1.07. The maximum Gasteiger partial charge on any atom is 0.176 e. The second-order valence-electron chi connectivity index (χ2n) is 5.17. The number of hydrogen-bond donors (Lipinski definition) is 0. The molecule has 2 nitrogen and oxygen atoms in total. The summed E-state index contributed by atoms with van der Waals surface area (Å²) >= 11 is 0. The number of hydrogen-bond acceptors (Lipinski definition) is 2. The Morgan fingerprint density at radius 2 is 2.06 bits per heavy atom. The largest absolute Gasteiger partial charge is 0.293 e. The molecule has 1 aliphatic heterocycles. The number of carbonyl (C=O) groups excluding carboxylic acids is 1. The second kappa shape index (κ2) is 5.14. The molecule has 0 amide bonds. The number of nitrogens with zero attached hydrogens (tertiary/aromatic N) is 1. The summed E-state index contributed by atoms with van der Waals surface area (Å²) in [5.74, 6) is -1.47. The van der Waals surface area contributed by atoms with Gasteiger partial charge in [0.15, 0.2) is 17.4 Å². The number of benzene rings is 1. The Morgan fingerprint density at radius 3 is 2.61 bits per heavy atom. The molecule has 2 rings (SSSR count). The number of Topliss-reactive ketones (excluding diaryl/α,β-unsaturated/α-hetero) is 1. The molecule has 1 heterocycles. The average Bonchev–Trinajstić information content (AvgIpc) is 2.61. The van der Waals surface area contributed by atoms with Gasteiger partial charge in [0.2, 0.25) is 0 Å². The van der Waals surface area contributed by atoms with E-state index in [2.05, 4.69) is 18.7 Å². The van der Waals surface area contributed by atoms with Crippen LogP contribution in [0.1, 0.15) is 30.6 Å². The molecule has 0 aliphatic carbocycles. The molecule has 0 N–H and O–H groups in total. The first-order chi connectivity index (χ1) is 8.47. The van der Waals surface area contributed by atoms with Crippen LogP contribution < -0.4 is 0 Å². The maximum atomic E-state index is 13.1. The van der Waals surface area contributed by atoms with Crippen LogP contribution in [0.5, 0.6) is 0 Å². The van der Waals surface area contributed by atoms with E-state index in [4.69, 9.17) is 0 Å². The molecule has 2 atom stereocenters. The van der Waals surface area contributed by atoms with Crippen LogP contribution in [0.3, 0.4) is 0 Å². The summed E-state index contributed by atoms with van der Waals surface area (Å²) in [6, 6.07) is 3.68. The summed E-state index contributed by atoms with van der Waals surface area (Å²) in [4.78, 5) is 14.1. The van der Waals surface area contributed by atoms with Crippen LogP contribution in [0.25, 0.3) is 0 Å². The number of ketones is 1. The lowest BCUT2D eigenvalue weighted by Gasteiger charge is -2.19. The van der Waals surface area contributed by atoms with Crippen LogP contribution in [-0.2, 0) is 0 Å². The molecular weight excluding hydrogens is 236 g/mol. The van der Waals surface area contributed by atoms with E-state index >= 15 is 0 Å². The van der Waals surface area contributed by atoms with Crippen LogP contribution in [0.2, 0.25) is 0 Å². The van der Waals surface area contributed by atoms with E-state index in [1.165, 1.54) is 6.07 Å². The lowest BCUT2D eigenvalue weighted by atomic mass is 10.1. The summed E-state index contributed by atoms with van der Waals surface area (Å²) in [6.45, 7) is 5.40. The predicted octanol–water partition coefficient (Wildman–Crippen LogP) is 2.88. The van der Waals surface area contributed by atoms with Gasteiger partial charge < -0.3 is 0 Å². The molecule has 18 heavy (non-hydrogen) atoms. The standard InChI is InChI=1S/C14H17F2NO/c1-9-5-10(2)17(7-9)8-14(18)11-3-4-12(15)13(16)6-11/h3-4,6,9-10H,5,7-8H2,1-2H3. The van der Waals surface area contributed by atoms with Crippen molar-refractivity contribution in [2.24, 2.45) is 5.92 Å². The van der Waals surface area contributed by atoms with E-state index in [1.807, 2.05) is 0 Å². The lowest BCUT2D eigenvalue weighted by Crippen LogP contribution is -2.32. The minimum atomic E-state index is -0.969. The van der Waals surface area contributed by atoms with Crippen LogP contribution >= 0.6 is 0 Å². The van der Waals surface area contributed by atoms with Crippen molar-refractivity contribution in [1.29, 1.82) is 0 Å². The molecule has 98 valence electrons. The van der Waals surface area contributed by atoms with Crippen molar-refractivity contribution < 1.29 is 13.6 Å². The molecule has 1 fully saturated rings. The Bertz CT molecular complexity index is 461. The van der Waals surface area contributed by atoms with Crippen molar-refractivity contribution in [3.05, 3.63) is 35.4 Å². The summed E-state index contributed by atoms with van der Waals surface area (Å²) in [5, 5.41) is 0. The highest BCUT2D eigenvalue weighted by Crippen LogP contribution is 2.22. The normalized spacial score (nSPS) is 24.4. The quantitative estimate of drug-likeness (QED) is 0.772. The minimum absolute atomic E-state index is 0.158. The number of halogens is 2. The van der Waals surface area contributed by atoms with Gasteiger partial charge in [-0.25, -0.2) is 8.78 Å². The smallest absolute Gasteiger partial charge is 0.176 e. The zero-order valence-corrected chi connectivity index (χ0v) is 10.6. The van der Waals surface area contributed by atoms with Gasteiger partial charge >= 0.3 is 0 Å². The van der Waals surface area contributed by atoms with Crippen LogP contribution in [0.4, 0.5) is 8.78 Å². The fourth-order valence-electron chi connectivity index (χ4n) is 2.55. The molecule has 0 radical (unpaired) electrons. The van der Waals surface area contributed by atoms with Crippen molar-refractivity contribution in [3.63, 3.8) is 0 Å². The molecule has 1 aromatic rings. The van der Waals surface area contributed by atoms with E-state index in [1.54, 1.807) is 0 Å². The van der Waals surface area contributed by atoms with Gasteiger partial charge in [0.1, 0.15) is 0 Å². The van der Waals surface area contributed by atoms with E-state index in [0.717, 1.165) is 25.1 Å². The molecule has 0 aromatic heterocycles. The van der Waals surface area contributed by atoms with Crippen molar-refractivity contribution in [2.75, 3.05) is 13.1 Å². The zero-order chi connectivity index (χ0) is 13.3. The van der Waals surface area contributed by atoms with Gasteiger partial charge in [-0.3, -0.25) is 9.69 Å². The molecule has 0 saturated carbocycles. The Morgan fingerprint density at radius 1 is 1.33 bits per heavy atom. The van der Waals surface area contributed by atoms with Gasteiger partial charge in [0, 0.05) is 18.2 Å². The van der Waals surface area contributed by atoms with E-state index in [9.17, 15) is 13.6 Å². The van der Waals surface area contributed by atoms with Crippen LogP contribution in [0.15, 0.2) is 18.2 Å². The van der Waals surface area contributed by atoms with Crippen molar-refractivity contribution in [3.8, 4) is 0 Å². The minimum Gasteiger partial charge on any atom is -0.293 e. The third-order valence-electron chi connectivity index (χ3n) is 3.50. The highest BCUT2D eigenvalue weighted by molar-refractivity contribution is 5.97. The molecular formula is C14H17F2NO. The number of likely N-dealkylation sites (tertiary alicyclic amines) is 1. The summed E-state index contributed by atoms with van der Waals surface area (Å²) in [5.41, 5.74) is 0.237. The fraction of sp³-hybridized carbons (Fsp3) is 0.500. The Balaban J connectivity index is 2.05. The van der Waals surface area contributed by atoms with Crippen LogP contribution in [0, 0.1) is 17.6 Å². The van der Waals surface area contributed by atoms with Gasteiger partial charge in [-0.2, -0.15) is 0 Å². The third kappa shape index (κ3) is 2.75. The third-order valence-corrected chi connectivity index (χ3v) is 3.50. The van der Waals surface area contributed by atoms with E-state index in [0.29, 0.717) is 12.0 Å². The molecule has 1 aliphatic rings. The highest BCUT2D eigenvalue weighted by atomic mass is 19.2. The SMILES string of the molecule is CC1CC(C)N(CC(=O)c2ccc(F)c(F)c2)C1. The topological polar surface area (TPSA) is 20.3 Å². The van der Waals surface area contributed by atoms with Gasteiger partial charge in [0.25, 0.3) is 0 Å². The average molecular weight is 253 g/mol. The predicted molar refractivity (Wildman–Crippen MR) is 65.5 cm³/mol. The lowest BCUT2D eigenvalue weighted by molar-refractivity contribution is 0.0924. The summed E-state index contributed by atoms with van der Waals surface area (Å²) in [7, 11) is 0. The molecule has 1 saturated heterocycles. The first-order valence-electron chi connectivity index (χ1n) is 6.19. The van der Waals surface area contributed by atoms with Gasteiger partial charge in [-0.15, -0.1) is 0 Å². The Hall–Kier alpha value is -1.29. The Labute approximate surface area is 106 Å². The zero-order valence-electron chi connectivity index (χ0n) is 10.6. The first-order valence-corrected chi connectivity index (χ1v) is 6.19. The van der Waals surface area contributed by atoms with E-state index < -0.39 is 11.6 Å². The number of rotatable bonds is 3. The summed E-state index contributed by atoms with van der Waals surface area (Å²) < 4.78 is 25.8. The fourth-order valence-corrected chi connectivity index (χ4v) is 2.55. The van der Waals surface area contributed by atoms with Gasteiger partial charge in [0.05, 0.1) is 6.54 Å². The molecule has 4 heteroatoms. The van der Waals surface area contributed by atoms with Crippen molar-refractivity contribution in [1.82, 2.24) is 4.90 Å². The van der Waals surface area contributed by atoms with E-state index in [-0.39, 0.29) is 17.9 Å². The molecule has 0 spiro atoms. The maximum absolute atomic E-state index is 13.1. The first kappa shape index (κ1) is 13.1. The monoisotopic (exact) mass is 253 g/mol. The van der Waals surface area contributed by atoms with Gasteiger partial charge in [-0.05, 0) is 37.5 Å². The molecule has 2 unspecified atom stereocenters. The van der Waals surface area contributed by atoms with Crippen molar-refractivity contribution >= 4 is 5.78 Å². The molecule has 0 bridgehead atoms. The van der Waals surface area contributed by atoms with Gasteiger partial charge in [-0.1, -0.05) is 6.92 Å². The number of carbonyl (C=O) groups is 1. The Kier molecular flexibility index (Phi) is 3.76.